The van der Waals surface area contributed by atoms with Crippen LogP contribution in [-0.2, 0) is 33.5 Å². The molecule has 3 aromatic rings. The van der Waals surface area contributed by atoms with Gasteiger partial charge in [0.1, 0.15) is 5.75 Å². The molecular formula is C37H46O5. The molecule has 1 unspecified atom stereocenters. The third kappa shape index (κ3) is 12.8. The average molecular weight is 571 g/mol. The fraction of sp³-hybridized carbons (Fsp3) is 0.405. The van der Waals surface area contributed by atoms with Crippen LogP contribution in [-0.4, -0.2) is 31.8 Å². The minimum Gasteiger partial charge on any atom is -0.494 e. The van der Waals surface area contributed by atoms with E-state index in [9.17, 15) is 9.59 Å². The molecule has 224 valence electrons. The van der Waals surface area contributed by atoms with Crippen LogP contribution in [0.1, 0.15) is 79.4 Å². The number of aryl methyl sites for hydroxylation is 1. The van der Waals surface area contributed by atoms with Gasteiger partial charge in [-0.15, -0.1) is 0 Å². The fourth-order valence-corrected chi connectivity index (χ4v) is 4.92. The van der Waals surface area contributed by atoms with Gasteiger partial charge in [0, 0.05) is 6.42 Å². The van der Waals surface area contributed by atoms with Crippen LogP contribution in [0.15, 0.2) is 91.0 Å². The number of carbonyl (C=O) groups excluding carboxylic acids is 2. The lowest BCUT2D eigenvalue weighted by atomic mass is 9.92. The first-order chi connectivity index (χ1) is 20.6. The highest BCUT2D eigenvalue weighted by Crippen LogP contribution is 2.20. The SMILES string of the molecule is CCOC(=O)CCCCC(/C=C\Cc1cccc(CCCCOc2ccccc2)c1)Cc1ccc(C(=O)OCC)cc1. The minimum atomic E-state index is -0.290. The summed E-state index contributed by atoms with van der Waals surface area (Å²) in [6.45, 7) is 5.18. The summed E-state index contributed by atoms with van der Waals surface area (Å²) in [6, 6.07) is 26.5. The summed E-state index contributed by atoms with van der Waals surface area (Å²) < 4.78 is 16.0. The van der Waals surface area contributed by atoms with Crippen molar-refractivity contribution in [3.63, 3.8) is 0 Å². The van der Waals surface area contributed by atoms with E-state index in [1.165, 1.54) is 16.7 Å². The quantitative estimate of drug-likeness (QED) is 0.0823. The van der Waals surface area contributed by atoms with E-state index < -0.39 is 0 Å². The molecule has 5 nitrogen and oxygen atoms in total. The monoisotopic (exact) mass is 570 g/mol. The van der Waals surface area contributed by atoms with Crippen LogP contribution in [0.2, 0.25) is 0 Å². The predicted molar refractivity (Wildman–Crippen MR) is 169 cm³/mol. The molecule has 42 heavy (non-hydrogen) atoms. The normalized spacial score (nSPS) is 11.8. The van der Waals surface area contributed by atoms with Crippen LogP contribution in [0.5, 0.6) is 5.75 Å². The van der Waals surface area contributed by atoms with Crippen LogP contribution >= 0.6 is 0 Å². The van der Waals surface area contributed by atoms with Gasteiger partial charge < -0.3 is 14.2 Å². The number of para-hydroxylation sites is 1. The summed E-state index contributed by atoms with van der Waals surface area (Å²) in [4.78, 5) is 23.8. The Morgan fingerprint density at radius 3 is 2.29 bits per heavy atom. The van der Waals surface area contributed by atoms with E-state index in [2.05, 4.69) is 36.4 Å². The van der Waals surface area contributed by atoms with Gasteiger partial charge in [-0.1, -0.05) is 73.2 Å². The van der Waals surface area contributed by atoms with Crippen LogP contribution in [0.25, 0.3) is 0 Å². The summed E-state index contributed by atoms with van der Waals surface area (Å²) in [7, 11) is 0. The van der Waals surface area contributed by atoms with Crippen molar-refractivity contribution in [1.29, 1.82) is 0 Å². The average Bonchev–Trinajstić information content (AvgIpc) is 3.00. The number of unbranched alkanes of at least 4 members (excludes halogenated alkanes) is 2. The van der Waals surface area contributed by atoms with E-state index in [1.807, 2.05) is 68.4 Å². The van der Waals surface area contributed by atoms with E-state index in [1.54, 1.807) is 0 Å². The molecule has 0 saturated carbocycles. The molecule has 0 aliphatic rings. The summed E-state index contributed by atoms with van der Waals surface area (Å²) in [6.07, 6.45) is 12.7. The van der Waals surface area contributed by atoms with E-state index in [-0.39, 0.29) is 11.9 Å². The zero-order valence-corrected chi connectivity index (χ0v) is 25.3. The molecule has 0 aliphatic heterocycles. The van der Waals surface area contributed by atoms with Gasteiger partial charge in [0.15, 0.2) is 0 Å². The second-order valence-electron chi connectivity index (χ2n) is 10.5. The maximum Gasteiger partial charge on any atom is 0.338 e. The summed E-state index contributed by atoms with van der Waals surface area (Å²) in [5.41, 5.74) is 4.43. The number of esters is 2. The Hall–Kier alpha value is -3.86. The molecule has 0 bridgehead atoms. The van der Waals surface area contributed by atoms with Gasteiger partial charge in [-0.05, 0) is 106 Å². The lowest BCUT2D eigenvalue weighted by Gasteiger charge is -2.14. The summed E-state index contributed by atoms with van der Waals surface area (Å²) in [5.74, 6) is 0.857. The maximum absolute atomic E-state index is 12.0. The Kier molecular flexibility index (Phi) is 15.0. The van der Waals surface area contributed by atoms with Crippen LogP contribution in [0.3, 0.4) is 0 Å². The molecule has 3 rings (SSSR count). The first kappa shape index (κ1) is 32.7. The molecule has 0 radical (unpaired) electrons. The first-order valence-electron chi connectivity index (χ1n) is 15.4. The third-order valence-electron chi connectivity index (χ3n) is 7.10. The second-order valence-corrected chi connectivity index (χ2v) is 10.5. The van der Waals surface area contributed by atoms with E-state index in [0.29, 0.717) is 31.1 Å². The Labute approximate surface area is 251 Å². The summed E-state index contributed by atoms with van der Waals surface area (Å²) in [5, 5.41) is 0. The summed E-state index contributed by atoms with van der Waals surface area (Å²) >= 11 is 0. The van der Waals surface area contributed by atoms with Gasteiger partial charge >= 0.3 is 11.9 Å². The predicted octanol–water partition coefficient (Wildman–Crippen LogP) is 8.35. The smallest absolute Gasteiger partial charge is 0.338 e. The zero-order valence-electron chi connectivity index (χ0n) is 25.3. The van der Waals surface area contributed by atoms with Crippen molar-refractivity contribution >= 4 is 11.9 Å². The Morgan fingerprint density at radius 1 is 0.762 bits per heavy atom. The van der Waals surface area contributed by atoms with Gasteiger partial charge in [-0.3, -0.25) is 4.79 Å². The molecular weight excluding hydrogens is 524 g/mol. The van der Waals surface area contributed by atoms with Crippen molar-refractivity contribution in [1.82, 2.24) is 0 Å². The number of hydrogen-bond acceptors (Lipinski definition) is 5. The lowest BCUT2D eigenvalue weighted by molar-refractivity contribution is -0.143. The number of hydrogen-bond donors (Lipinski definition) is 0. The molecule has 0 aliphatic carbocycles. The lowest BCUT2D eigenvalue weighted by Crippen LogP contribution is -2.06. The van der Waals surface area contributed by atoms with E-state index >= 15 is 0 Å². The fourth-order valence-electron chi connectivity index (χ4n) is 4.92. The largest absolute Gasteiger partial charge is 0.494 e. The van der Waals surface area contributed by atoms with Crippen LogP contribution in [0, 0.1) is 5.92 Å². The van der Waals surface area contributed by atoms with Gasteiger partial charge in [-0.2, -0.15) is 0 Å². The number of rotatable bonds is 19. The topological polar surface area (TPSA) is 61.8 Å². The van der Waals surface area contributed by atoms with Gasteiger partial charge in [0.05, 0.1) is 25.4 Å². The van der Waals surface area contributed by atoms with E-state index in [0.717, 1.165) is 63.7 Å². The van der Waals surface area contributed by atoms with Crippen molar-refractivity contribution in [3.05, 3.63) is 113 Å². The van der Waals surface area contributed by atoms with Gasteiger partial charge in [0.25, 0.3) is 0 Å². The Morgan fingerprint density at radius 2 is 1.52 bits per heavy atom. The molecule has 0 amide bonds. The molecule has 0 spiro atoms. The van der Waals surface area contributed by atoms with Crippen molar-refractivity contribution in [2.24, 2.45) is 5.92 Å². The highest BCUT2D eigenvalue weighted by atomic mass is 16.5. The van der Waals surface area contributed by atoms with Crippen molar-refractivity contribution < 1.29 is 23.8 Å². The highest BCUT2D eigenvalue weighted by Gasteiger charge is 2.10. The Balaban J connectivity index is 1.51. The first-order valence-corrected chi connectivity index (χ1v) is 15.4. The molecule has 3 aromatic carbocycles. The third-order valence-corrected chi connectivity index (χ3v) is 7.10. The molecule has 5 heteroatoms. The zero-order chi connectivity index (χ0) is 29.8. The van der Waals surface area contributed by atoms with Gasteiger partial charge in [-0.25, -0.2) is 4.79 Å². The number of ether oxygens (including phenoxy) is 3. The second kappa shape index (κ2) is 19.3. The molecule has 0 fully saturated rings. The number of carbonyl (C=O) groups is 2. The maximum atomic E-state index is 12.0. The Bertz CT molecular complexity index is 1220. The molecule has 1 atom stereocenters. The van der Waals surface area contributed by atoms with Crippen LogP contribution in [0.4, 0.5) is 0 Å². The number of benzene rings is 3. The molecule has 0 heterocycles. The molecule has 0 N–H and O–H groups in total. The van der Waals surface area contributed by atoms with Crippen LogP contribution < -0.4 is 4.74 Å². The standard InChI is InChI=1S/C37H46O5/c1-3-40-36(38)22-9-8-14-30(29-33-23-25-34(26-24-33)37(39)41-4-2)16-12-18-32-19-13-17-31(28-32)15-10-11-27-42-35-20-6-5-7-21-35/h5-7,12-13,16-17,19-21,23-26,28,30H,3-4,8-11,14-15,18,22,27,29H2,1-2H3/b16-12-. The van der Waals surface area contributed by atoms with Crippen molar-refractivity contribution in [2.75, 3.05) is 19.8 Å². The minimum absolute atomic E-state index is 0.122. The highest BCUT2D eigenvalue weighted by molar-refractivity contribution is 5.89. The van der Waals surface area contributed by atoms with Crippen molar-refractivity contribution in [3.8, 4) is 5.75 Å². The molecule has 0 saturated heterocycles. The van der Waals surface area contributed by atoms with Gasteiger partial charge in [0.2, 0.25) is 0 Å². The van der Waals surface area contributed by atoms with Crippen molar-refractivity contribution in [2.45, 2.75) is 71.6 Å². The molecule has 0 aromatic heterocycles. The number of allylic oxidation sites excluding steroid dienone is 2. The van der Waals surface area contributed by atoms with E-state index in [4.69, 9.17) is 14.2 Å².